The van der Waals surface area contributed by atoms with Gasteiger partial charge in [-0.3, -0.25) is 0 Å². The first kappa shape index (κ1) is 47.9. The number of ether oxygens (including phenoxy) is 10. The van der Waals surface area contributed by atoms with Gasteiger partial charge in [-0.05, 0) is 53.1 Å². The van der Waals surface area contributed by atoms with Gasteiger partial charge in [0.2, 0.25) is 0 Å². The van der Waals surface area contributed by atoms with Crippen molar-refractivity contribution < 1.29 is 61.8 Å². The summed E-state index contributed by atoms with van der Waals surface area (Å²) in [6.07, 6.45) is -9.27. The highest BCUT2D eigenvalue weighted by Gasteiger charge is 2.53. The van der Waals surface area contributed by atoms with E-state index in [0.717, 1.165) is 16.7 Å². The molecule has 8 rings (SSSR count). The minimum absolute atomic E-state index is 0.133. The van der Waals surface area contributed by atoms with Gasteiger partial charge in [-0.1, -0.05) is 146 Å². The second-order valence-electron chi connectivity index (χ2n) is 16.3. The number of benzene rings is 6. The predicted molar refractivity (Wildman–Crippen MR) is 248 cm³/mol. The number of rotatable bonds is 20. The van der Waals surface area contributed by atoms with E-state index in [1.807, 2.05) is 91.0 Å². The highest BCUT2D eigenvalue weighted by Crippen LogP contribution is 2.34. The van der Waals surface area contributed by atoms with Crippen LogP contribution in [-0.4, -0.2) is 93.5 Å². The maximum Gasteiger partial charge on any atom is 0.338 e. The molecule has 0 N–H and O–H groups in total. The van der Waals surface area contributed by atoms with Gasteiger partial charge in [0.25, 0.3) is 0 Å². The summed E-state index contributed by atoms with van der Waals surface area (Å²) in [7, 11) is 1.37. The Bertz CT molecular complexity index is 2450. The lowest BCUT2D eigenvalue weighted by Crippen LogP contribution is -2.63. The van der Waals surface area contributed by atoms with Crippen LogP contribution < -0.4 is 0 Å². The summed E-state index contributed by atoms with van der Waals surface area (Å²) >= 11 is 0. The van der Waals surface area contributed by atoms with Crippen LogP contribution in [0.3, 0.4) is 0 Å². The molecule has 2 saturated heterocycles. The second kappa shape index (κ2) is 24.5. The van der Waals surface area contributed by atoms with Crippen molar-refractivity contribution in [2.45, 2.75) is 81.5 Å². The Balaban J connectivity index is 1.09. The lowest BCUT2D eigenvalue weighted by Gasteiger charge is -2.45. The molecule has 0 bridgehead atoms. The van der Waals surface area contributed by atoms with E-state index in [2.05, 4.69) is 0 Å². The van der Waals surface area contributed by atoms with E-state index in [1.54, 1.807) is 91.0 Å². The Kier molecular flexibility index (Phi) is 17.2. The molecular weight excluding hydrogens is 869 g/mol. The van der Waals surface area contributed by atoms with Gasteiger partial charge in [0.15, 0.2) is 30.9 Å². The molecule has 6 aromatic rings. The van der Waals surface area contributed by atoms with E-state index in [4.69, 9.17) is 47.4 Å². The lowest BCUT2D eigenvalue weighted by molar-refractivity contribution is -0.315. The van der Waals surface area contributed by atoms with Crippen molar-refractivity contribution >= 4 is 17.9 Å². The number of hydrogen-bond acceptors (Lipinski definition) is 13. The fourth-order valence-corrected chi connectivity index (χ4v) is 8.03. The van der Waals surface area contributed by atoms with E-state index < -0.39 is 73.2 Å². The van der Waals surface area contributed by atoms with Crippen LogP contribution in [0, 0.1) is 0 Å². The summed E-state index contributed by atoms with van der Waals surface area (Å²) in [4.78, 5) is 41.6. The fraction of sp³-hybridized carbons (Fsp3) is 0.291. The first-order chi connectivity index (χ1) is 33.4. The van der Waals surface area contributed by atoms with Crippen LogP contribution in [0.5, 0.6) is 0 Å². The van der Waals surface area contributed by atoms with Crippen LogP contribution in [0.1, 0.15) is 54.2 Å². The largest absolute Gasteiger partial charge is 0.452 e. The SMILES string of the molecule is CO[C@H]1O[C@H](CO[C@@H]2C[C@@H](OCc3ccccc3)[C@H](OCc3ccccc3)[C@@H](COCc3ccccc3)O2)[C@@H](OC(=O)c2ccccc2)[C@H](OC(=O)c2ccccc2)[C@H]1OC(=O)c1ccccc1. The first-order valence-electron chi connectivity index (χ1n) is 22.6. The Morgan fingerprint density at radius 2 is 0.853 bits per heavy atom. The second-order valence-corrected chi connectivity index (χ2v) is 16.3. The van der Waals surface area contributed by atoms with E-state index >= 15 is 0 Å². The van der Waals surface area contributed by atoms with Crippen molar-refractivity contribution in [3.8, 4) is 0 Å². The Morgan fingerprint density at radius 1 is 0.441 bits per heavy atom. The minimum atomic E-state index is -1.46. The molecule has 2 aliphatic rings. The van der Waals surface area contributed by atoms with Crippen molar-refractivity contribution in [1.82, 2.24) is 0 Å². The van der Waals surface area contributed by atoms with Crippen LogP contribution in [0.25, 0.3) is 0 Å². The maximum atomic E-state index is 14.0. The molecular formula is C55H54O13. The number of methoxy groups -OCH3 is 1. The zero-order valence-corrected chi connectivity index (χ0v) is 37.6. The summed E-state index contributed by atoms with van der Waals surface area (Å²) in [5, 5.41) is 0. The number of esters is 3. The van der Waals surface area contributed by atoms with Gasteiger partial charge in [0.1, 0.15) is 18.3 Å². The molecule has 2 fully saturated rings. The smallest absolute Gasteiger partial charge is 0.338 e. The van der Waals surface area contributed by atoms with Gasteiger partial charge in [0.05, 0.1) is 55.8 Å². The van der Waals surface area contributed by atoms with E-state index in [-0.39, 0.29) is 42.9 Å². The molecule has 68 heavy (non-hydrogen) atoms. The quantitative estimate of drug-likeness (QED) is 0.0534. The average Bonchev–Trinajstić information content (AvgIpc) is 3.39. The Morgan fingerprint density at radius 3 is 1.34 bits per heavy atom. The van der Waals surface area contributed by atoms with Gasteiger partial charge in [0, 0.05) is 13.5 Å². The Labute approximate surface area is 395 Å². The summed E-state index contributed by atoms with van der Waals surface area (Å²) in [5.41, 5.74) is 3.60. The summed E-state index contributed by atoms with van der Waals surface area (Å²) in [6, 6.07) is 54.4. The van der Waals surface area contributed by atoms with E-state index in [9.17, 15) is 14.4 Å². The van der Waals surface area contributed by atoms with Crippen LogP contribution in [0.2, 0.25) is 0 Å². The number of carbonyl (C=O) groups is 3. The third kappa shape index (κ3) is 13.1. The Hall–Kier alpha value is -6.55. The standard InChI is InChI=1S/C55H54O13/c1-59-55-51(68-54(58)43-30-18-7-19-31-43)50(67-53(57)42-28-16-6-17-29-42)49(66-52(56)41-26-14-5-15-27-41)46(65-55)37-62-47-32-44(61-34-39-22-10-3-11-23-39)48(63-35-40-24-12-4-13-25-40)45(64-47)36-60-33-38-20-8-2-9-21-38/h2-31,44-51,55H,32-37H2,1H3/t44-,45-,46-,47+,48+,49-,50+,51-,55+/m1/s1. The molecule has 0 aliphatic carbocycles. The summed E-state index contributed by atoms with van der Waals surface area (Å²) in [5.74, 6) is -2.25. The topological polar surface area (TPSA) is 144 Å². The molecule has 0 spiro atoms. The zero-order valence-electron chi connectivity index (χ0n) is 37.6. The molecule has 13 nitrogen and oxygen atoms in total. The number of carbonyl (C=O) groups excluding carboxylic acids is 3. The molecule has 0 unspecified atom stereocenters. The monoisotopic (exact) mass is 922 g/mol. The average molecular weight is 923 g/mol. The third-order valence-corrected chi connectivity index (χ3v) is 11.5. The van der Waals surface area contributed by atoms with E-state index in [0.29, 0.717) is 13.2 Å². The van der Waals surface area contributed by atoms with Gasteiger partial charge in [-0.25, -0.2) is 14.4 Å². The molecule has 2 aliphatic heterocycles. The summed E-state index contributed by atoms with van der Waals surface area (Å²) in [6.45, 7) is 0.776. The van der Waals surface area contributed by atoms with Crippen LogP contribution in [0.4, 0.5) is 0 Å². The van der Waals surface area contributed by atoms with Crippen molar-refractivity contribution in [2.24, 2.45) is 0 Å². The summed E-state index contributed by atoms with van der Waals surface area (Å²) < 4.78 is 63.7. The minimum Gasteiger partial charge on any atom is -0.452 e. The normalized spacial score (nSPS) is 23.5. The molecule has 0 saturated carbocycles. The molecule has 6 aromatic carbocycles. The fourth-order valence-electron chi connectivity index (χ4n) is 8.03. The molecule has 0 amide bonds. The van der Waals surface area contributed by atoms with Gasteiger partial charge in [-0.15, -0.1) is 0 Å². The van der Waals surface area contributed by atoms with Crippen LogP contribution in [0.15, 0.2) is 182 Å². The third-order valence-electron chi connectivity index (χ3n) is 11.5. The van der Waals surface area contributed by atoms with Crippen molar-refractivity contribution in [1.29, 1.82) is 0 Å². The molecule has 2 heterocycles. The van der Waals surface area contributed by atoms with Gasteiger partial charge < -0.3 is 47.4 Å². The highest BCUT2D eigenvalue weighted by molar-refractivity contribution is 5.91. The van der Waals surface area contributed by atoms with Crippen molar-refractivity contribution in [2.75, 3.05) is 20.3 Å². The van der Waals surface area contributed by atoms with Crippen LogP contribution >= 0.6 is 0 Å². The van der Waals surface area contributed by atoms with Gasteiger partial charge >= 0.3 is 17.9 Å². The maximum absolute atomic E-state index is 14.0. The molecule has 0 aromatic heterocycles. The molecule has 352 valence electrons. The first-order valence-corrected chi connectivity index (χ1v) is 22.6. The highest BCUT2D eigenvalue weighted by atomic mass is 16.7. The van der Waals surface area contributed by atoms with Gasteiger partial charge in [-0.2, -0.15) is 0 Å². The van der Waals surface area contributed by atoms with Crippen molar-refractivity contribution in [3.63, 3.8) is 0 Å². The molecule has 9 atom stereocenters. The number of hydrogen-bond donors (Lipinski definition) is 0. The molecule has 13 heteroatoms. The lowest BCUT2D eigenvalue weighted by atomic mass is 9.97. The predicted octanol–water partition coefficient (Wildman–Crippen LogP) is 8.55. The molecule has 0 radical (unpaired) electrons. The zero-order chi connectivity index (χ0) is 46.9. The van der Waals surface area contributed by atoms with Crippen LogP contribution in [-0.2, 0) is 67.2 Å². The van der Waals surface area contributed by atoms with Crippen molar-refractivity contribution in [3.05, 3.63) is 215 Å². The van der Waals surface area contributed by atoms with E-state index in [1.165, 1.54) is 7.11 Å².